The van der Waals surface area contributed by atoms with Gasteiger partial charge in [0, 0.05) is 40.0 Å². The molecule has 3 fully saturated rings. The number of rotatable bonds is 8. The Kier molecular flexibility index (Phi) is 8.83. The number of amides is 1. The van der Waals surface area contributed by atoms with Crippen molar-refractivity contribution >= 4 is 23.3 Å². The van der Waals surface area contributed by atoms with E-state index in [2.05, 4.69) is 43.0 Å². The number of carbonyl (C=O) groups is 3. The summed E-state index contributed by atoms with van der Waals surface area (Å²) in [6, 6.07) is 14.1. The molecule has 0 aliphatic heterocycles. The molecule has 1 aromatic heterocycles. The van der Waals surface area contributed by atoms with Crippen molar-refractivity contribution in [1.82, 2.24) is 15.0 Å². The minimum Gasteiger partial charge on any atom is -0.497 e. The highest BCUT2D eigenvalue weighted by atomic mass is 16.5. The molecule has 0 unspecified atom stereocenters. The van der Waals surface area contributed by atoms with E-state index in [0.717, 1.165) is 19.3 Å². The second kappa shape index (κ2) is 12.6. The van der Waals surface area contributed by atoms with Crippen LogP contribution in [0.2, 0.25) is 0 Å². The monoisotopic (exact) mass is 654 g/mol. The molecule has 254 valence electrons. The molecule has 10 heteroatoms. The number of aromatic nitrogens is 3. The van der Waals surface area contributed by atoms with Gasteiger partial charge in [0.05, 0.1) is 19.4 Å². The van der Waals surface area contributed by atoms with Gasteiger partial charge in [-0.2, -0.15) is 0 Å². The summed E-state index contributed by atoms with van der Waals surface area (Å²) in [4.78, 5) is 40.1. The van der Waals surface area contributed by atoms with Gasteiger partial charge in [0.2, 0.25) is 0 Å². The molecule has 2 bridgehead atoms. The van der Waals surface area contributed by atoms with Crippen molar-refractivity contribution in [1.29, 1.82) is 0 Å². The van der Waals surface area contributed by atoms with E-state index in [4.69, 9.17) is 9.47 Å². The second-order valence-corrected chi connectivity index (χ2v) is 14.6. The quantitative estimate of drug-likeness (QED) is 0.220. The lowest BCUT2D eigenvalue weighted by molar-refractivity contribution is -0.207. The summed E-state index contributed by atoms with van der Waals surface area (Å²) in [5.74, 6) is -0.108. The van der Waals surface area contributed by atoms with Gasteiger partial charge in [0.15, 0.2) is 0 Å². The van der Waals surface area contributed by atoms with Crippen molar-refractivity contribution < 1.29 is 29.0 Å². The number of carbonyl (C=O) groups excluding carboxylic acids is 3. The van der Waals surface area contributed by atoms with Crippen molar-refractivity contribution in [2.75, 3.05) is 12.4 Å². The van der Waals surface area contributed by atoms with Gasteiger partial charge in [-0.25, -0.2) is 4.68 Å². The molecule has 2 aromatic carbocycles. The molecule has 48 heavy (non-hydrogen) atoms. The average molecular weight is 655 g/mol. The molecule has 3 aromatic rings. The van der Waals surface area contributed by atoms with Crippen LogP contribution in [0.4, 0.5) is 5.69 Å². The van der Waals surface area contributed by atoms with E-state index in [-0.39, 0.29) is 41.4 Å². The number of ketones is 1. The van der Waals surface area contributed by atoms with Crippen molar-refractivity contribution in [2.24, 2.45) is 34.0 Å². The highest BCUT2D eigenvalue weighted by molar-refractivity contribution is 6.04. The van der Waals surface area contributed by atoms with E-state index in [9.17, 15) is 19.5 Å². The van der Waals surface area contributed by atoms with E-state index >= 15 is 0 Å². The third-order valence-corrected chi connectivity index (χ3v) is 12.2. The molecule has 2 N–H and O–H groups in total. The van der Waals surface area contributed by atoms with Gasteiger partial charge in [-0.1, -0.05) is 51.1 Å². The fraction of sp³-hybridized carbons (Fsp3) is 0.500. The molecule has 3 aliphatic rings. The van der Waals surface area contributed by atoms with Crippen molar-refractivity contribution in [3.63, 3.8) is 0 Å². The lowest BCUT2D eigenvalue weighted by Crippen LogP contribution is -2.63. The van der Waals surface area contributed by atoms with Gasteiger partial charge in [-0.05, 0) is 79.3 Å². The number of hydrogen-bond acceptors (Lipinski definition) is 8. The maximum Gasteiger partial charge on any atom is 0.328 e. The highest BCUT2D eigenvalue weighted by Crippen LogP contribution is 2.68. The SMILES string of the molecule is C=C[C@]1(C)C[C@@H](OC(=O)Cn2cc(-c3cccc(NC(=O)c4ccc(OC)cc4)c3)nn2)[C@]2(C)[C@H](C)CC[C@]3(CCC(=O)[C@H]32)[C@@H](C)[C@@H]1O. The van der Waals surface area contributed by atoms with E-state index in [0.29, 0.717) is 41.1 Å². The third-order valence-electron chi connectivity index (χ3n) is 12.2. The Balaban J connectivity index is 1.20. The van der Waals surface area contributed by atoms with E-state index < -0.39 is 29.0 Å². The number of aliphatic hydroxyl groups is 1. The number of Topliss-reactive ketones (excluding diaryl/α,β-unsaturated/α-hetero) is 1. The van der Waals surface area contributed by atoms with E-state index in [1.54, 1.807) is 55.8 Å². The van der Waals surface area contributed by atoms with Gasteiger partial charge in [-0.15, -0.1) is 11.7 Å². The van der Waals surface area contributed by atoms with Crippen molar-refractivity contribution in [3.8, 4) is 17.0 Å². The zero-order chi connectivity index (χ0) is 34.4. The normalized spacial score (nSPS) is 32.8. The van der Waals surface area contributed by atoms with Crippen molar-refractivity contribution in [2.45, 2.75) is 78.6 Å². The third kappa shape index (κ3) is 5.63. The lowest BCUT2D eigenvalue weighted by atomic mass is 9.44. The number of ether oxygens (including phenoxy) is 2. The Morgan fingerprint density at radius 3 is 2.60 bits per heavy atom. The molecular formula is C38H46N4O6. The first-order chi connectivity index (χ1) is 22.8. The summed E-state index contributed by atoms with van der Waals surface area (Å²) in [6.07, 6.45) is 5.52. The molecule has 0 radical (unpaired) electrons. The zero-order valence-corrected chi connectivity index (χ0v) is 28.4. The van der Waals surface area contributed by atoms with Crippen LogP contribution >= 0.6 is 0 Å². The Labute approximate surface area is 281 Å². The number of nitrogens with one attached hydrogen (secondary N) is 1. The molecule has 1 amide bonds. The van der Waals surface area contributed by atoms with Crippen LogP contribution in [0.3, 0.4) is 0 Å². The van der Waals surface area contributed by atoms with Crippen LogP contribution < -0.4 is 10.1 Å². The molecule has 3 aliphatic carbocycles. The molecule has 0 saturated heterocycles. The summed E-state index contributed by atoms with van der Waals surface area (Å²) >= 11 is 0. The second-order valence-electron chi connectivity index (χ2n) is 14.6. The summed E-state index contributed by atoms with van der Waals surface area (Å²) in [6.45, 7) is 12.3. The van der Waals surface area contributed by atoms with Crippen LogP contribution in [0, 0.1) is 34.0 Å². The van der Waals surface area contributed by atoms with Crippen LogP contribution in [0.1, 0.15) is 70.2 Å². The van der Waals surface area contributed by atoms with Crippen LogP contribution in [0.15, 0.2) is 67.4 Å². The summed E-state index contributed by atoms with van der Waals surface area (Å²) in [7, 11) is 1.57. The predicted octanol–water partition coefficient (Wildman–Crippen LogP) is 6.11. The highest BCUT2D eigenvalue weighted by Gasteiger charge is 2.68. The maximum absolute atomic E-state index is 13.7. The Morgan fingerprint density at radius 2 is 1.90 bits per heavy atom. The van der Waals surface area contributed by atoms with Gasteiger partial charge < -0.3 is 19.9 Å². The molecule has 10 nitrogen and oxygen atoms in total. The standard InChI is InChI=1S/C38H46N4O6/c1-7-36(4)20-31(37(5)23(2)15-17-38(24(3)34(36)45)18-16-30(43)33(37)38)48-32(44)22-42-21-29(40-41-42)26-9-8-10-27(19-26)39-35(46)25-11-13-28(47-6)14-12-25/h7-14,19,21,23-24,31,33-34,45H,1,15-18,20,22H2,2-6H3,(H,39,46)/t23-,24+,31-,33+,34+,36-,37+,38+/m1/s1. The Hall–Kier alpha value is -4.31. The molecule has 6 rings (SSSR count). The molecule has 1 heterocycles. The first kappa shape index (κ1) is 33.6. The molecular weight excluding hydrogens is 608 g/mol. The maximum atomic E-state index is 13.7. The van der Waals surface area contributed by atoms with Gasteiger partial charge in [-0.3, -0.25) is 14.4 Å². The first-order valence-corrected chi connectivity index (χ1v) is 16.8. The van der Waals surface area contributed by atoms with E-state index in [1.807, 2.05) is 19.1 Å². The number of esters is 1. The minimum absolute atomic E-state index is 0.0942. The smallest absolute Gasteiger partial charge is 0.328 e. The number of hydrogen-bond donors (Lipinski definition) is 2. The van der Waals surface area contributed by atoms with Crippen LogP contribution in [-0.2, 0) is 20.9 Å². The van der Waals surface area contributed by atoms with E-state index in [1.165, 1.54) is 4.68 Å². The Bertz CT molecular complexity index is 1720. The molecule has 0 spiro atoms. The molecule has 8 atom stereocenters. The van der Waals surface area contributed by atoms with Crippen LogP contribution in [0.25, 0.3) is 11.3 Å². The minimum atomic E-state index is -0.725. The number of nitrogens with zero attached hydrogens (tertiary/aromatic N) is 3. The summed E-state index contributed by atoms with van der Waals surface area (Å²) < 4.78 is 13.0. The molecule has 3 saturated carbocycles. The average Bonchev–Trinajstić information content (AvgIpc) is 3.70. The van der Waals surface area contributed by atoms with Gasteiger partial charge in [0.1, 0.15) is 29.9 Å². The lowest BCUT2D eigenvalue weighted by Gasteiger charge is -2.61. The number of methoxy groups -OCH3 is 1. The largest absolute Gasteiger partial charge is 0.497 e. The summed E-state index contributed by atoms with van der Waals surface area (Å²) in [5.41, 5.74) is 0.681. The van der Waals surface area contributed by atoms with Gasteiger partial charge >= 0.3 is 5.97 Å². The van der Waals surface area contributed by atoms with Crippen LogP contribution in [0.5, 0.6) is 5.75 Å². The fourth-order valence-electron chi connectivity index (χ4n) is 9.04. The van der Waals surface area contributed by atoms with Gasteiger partial charge in [0.25, 0.3) is 5.91 Å². The topological polar surface area (TPSA) is 133 Å². The van der Waals surface area contributed by atoms with Crippen LogP contribution in [-0.4, -0.2) is 57.1 Å². The number of aliphatic hydroxyl groups excluding tert-OH is 1. The summed E-state index contributed by atoms with van der Waals surface area (Å²) in [5, 5.41) is 23.1. The first-order valence-electron chi connectivity index (χ1n) is 16.8. The Morgan fingerprint density at radius 1 is 1.15 bits per heavy atom. The zero-order valence-electron chi connectivity index (χ0n) is 28.4. The van der Waals surface area contributed by atoms with Crippen molar-refractivity contribution in [3.05, 3.63) is 72.9 Å². The predicted molar refractivity (Wildman–Crippen MR) is 181 cm³/mol. The number of benzene rings is 2. The fourth-order valence-corrected chi connectivity index (χ4v) is 9.04. The number of anilines is 1.